The second-order valence-corrected chi connectivity index (χ2v) is 4.97. The molecular formula is C14H20Cl2N2O3. The first-order valence-electron chi connectivity index (χ1n) is 6.68. The third kappa shape index (κ3) is 6.63. The molecule has 0 aromatic heterocycles. The number of benzene rings is 1. The largest absolute Gasteiger partial charge is 0.375 e. The van der Waals surface area contributed by atoms with Gasteiger partial charge >= 0.3 is 0 Å². The molecule has 1 aromatic carbocycles. The van der Waals surface area contributed by atoms with Gasteiger partial charge in [0.25, 0.3) is 5.91 Å². The summed E-state index contributed by atoms with van der Waals surface area (Å²) in [4.78, 5) is 11.7. The van der Waals surface area contributed by atoms with Gasteiger partial charge in [-0.1, -0.05) is 23.7 Å². The van der Waals surface area contributed by atoms with Crippen molar-refractivity contribution in [2.75, 3.05) is 32.8 Å². The second-order valence-electron chi connectivity index (χ2n) is 4.53. The van der Waals surface area contributed by atoms with Crippen molar-refractivity contribution in [3.63, 3.8) is 0 Å². The number of rotatable bonds is 6. The third-order valence-electron chi connectivity index (χ3n) is 2.95. The number of nitrogens with one attached hydrogen (secondary N) is 2. The minimum absolute atomic E-state index is 0. The van der Waals surface area contributed by atoms with Crippen molar-refractivity contribution in [1.29, 1.82) is 0 Å². The van der Waals surface area contributed by atoms with Crippen LogP contribution in [0.5, 0.6) is 0 Å². The summed E-state index contributed by atoms with van der Waals surface area (Å²) in [6, 6.07) is 7.50. The second kappa shape index (κ2) is 9.97. The molecule has 2 N–H and O–H groups in total. The van der Waals surface area contributed by atoms with E-state index < -0.39 is 0 Å². The maximum atomic E-state index is 11.7. The highest BCUT2D eigenvalue weighted by molar-refractivity contribution is 6.30. The van der Waals surface area contributed by atoms with Gasteiger partial charge in [-0.25, -0.2) is 0 Å². The molecule has 1 saturated heterocycles. The summed E-state index contributed by atoms with van der Waals surface area (Å²) < 4.78 is 10.8. The predicted molar refractivity (Wildman–Crippen MR) is 84.0 cm³/mol. The average Bonchev–Trinajstić information content (AvgIpc) is 2.49. The van der Waals surface area contributed by atoms with Crippen molar-refractivity contribution in [2.24, 2.45) is 0 Å². The molecule has 118 valence electrons. The van der Waals surface area contributed by atoms with Gasteiger partial charge in [0.2, 0.25) is 0 Å². The van der Waals surface area contributed by atoms with Crippen molar-refractivity contribution in [2.45, 2.75) is 12.7 Å². The smallest absolute Gasteiger partial charge is 0.250 e. The van der Waals surface area contributed by atoms with E-state index in [1.165, 1.54) is 0 Å². The Morgan fingerprint density at radius 1 is 1.43 bits per heavy atom. The van der Waals surface area contributed by atoms with Gasteiger partial charge in [0.05, 0.1) is 19.8 Å². The Labute approximate surface area is 135 Å². The SMILES string of the molecule is Cl.O=C(NCCOCc1ccc(Cl)cc1)C1CNCCO1. The summed E-state index contributed by atoms with van der Waals surface area (Å²) in [5, 5.41) is 6.62. The monoisotopic (exact) mass is 334 g/mol. The van der Waals surface area contributed by atoms with E-state index in [1.807, 2.05) is 24.3 Å². The third-order valence-corrected chi connectivity index (χ3v) is 3.20. The molecular weight excluding hydrogens is 315 g/mol. The zero-order valence-electron chi connectivity index (χ0n) is 11.6. The lowest BCUT2D eigenvalue weighted by atomic mass is 10.2. The molecule has 2 rings (SSSR count). The highest BCUT2D eigenvalue weighted by atomic mass is 35.5. The van der Waals surface area contributed by atoms with Crippen molar-refractivity contribution >= 4 is 29.9 Å². The Hall–Kier alpha value is -0.850. The first-order chi connectivity index (χ1) is 9.75. The zero-order chi connectivity index (χ0) is 14.2. The molecule has 0 aliphatic carbocycles. The Morgan fingerprint density at radius 2 is 2.19 bits per heavy atom. The molecule has 7 heteroatoms. The highest BCUT2D eigenvalue weighted by Gasteiger charge is 2.20. The van der Waals surface area contributed by atoms with E-state index in [0.717, 1.165) is 12.1 Å². The number of hydrogen-bond donors (Lipinski definition) is 2. The van der Waals surface area contributed by atoms with E-state index >= 15 is 0 Å². The van der Waals surface area contributed by atoms with Gasteiger partial charge in [0.1, 0.15) is 6.10 Å². The van der Waals surface area contributed by atoms with Crippen LogP contribution in [0.1, 0.15) is 5.56 Å². The Morgan fingerprint density at radius 3 is 2.86 bits per heavy atom. The minimum Gasteiger partial charge on any atom is -0.375 e. The number of morpholine rings is 1. The van der Waals surface area contributed by atoms with E-state index in [4.69, 9.17) is 21.1 Å². The fourth-order valence-corrected chi connectivity index (χ4v) is 1.99. The number of amides is 1. The van der Waals surface area contributed by atoms with E-state index in [9.17, 15) is 4.79 Å². The highest BCUT2D eigenvalue weighted by Crippen LogP contribution is 2.09. The van der Waals surface area contributed by atoms with E-state index in [2.05, 4.69) is 10.6 Å². The van der Waals surface area contributed by atoms with Gasteiger partial charge in [0.15, 0.2) is 0 Å². The molecule has 1 unspecified atom stereocenters. The molecule has 0 radical (unpaired) electrons. The number of carbonyl (C=O) groups is 1. The van der Waals surface area contributed by atoms with Crippen LogP contribution in [0.3, 0.4) is 0 Å². The molecule has 1 aliphatic heterocycles. The van der Waals surface area contributed by atoms with Crippen LogP contribution in [0.2, 0.25) is 5.02 Å². The normalized spacial score (nSPS) is 17.9. The summed E-state index contributed by atoms with van der Waals surface area (Å²) >= 11 is 5.80. The summed E-state index contributed by atoms with van der Waals surface area (Å²) in [6.45, 7) is 3.39. The van der Waals surface area contributed by atoms with Crippen LogP contribution in [-0.4, -0.2) is 44.9 Å². The Kier molecular flexibility index (Phi) is 8.64. The maximum Gasteiger partial charge on any atom is 0.250 e. The fraction of sp³-hybridized carbons (Fsp3) is 0.500. The van der Waals surface area contributed by atoms with Crippen LogP contribution < -0.4 is 10.6 Å². The maximum absolute atomic E-state index is 11.7. The zero-order valence-corrected chi connectivity index (χ0v) is 13.2. The lowest BCUT2D eigenvalue weighted by Crippen LogP contribution is -2.48. The molecule has 0 spiro atoms. The van der Waals surface area contributed by atoms with Crippen LogP contribution in [0.4, 0.5) is 0 Å². The van der Waals surface area contributed by atoms with Crippen molar-refractivity contribution < 1.29 is 14.3 Å². The van der Waals surface area contributed by atoms with Crippen LogP contribution in [-0.2, 0) is 20.9 Å². The van der Waals surface area contributed by atoms with Gasteiger partial charge in [-0.05, 0) is 17.7 Å². The van der Waals surface area contributed by atoms with Crippen LogP contribution in [0, 0.1) is 0 Å². The summed E-state index contributed by atoms with van der Waals surface area (Å²) in [6.07, 6.45) is -0.389. The summed E-state index contributed by atoms with van der Waals surface area (Å²) in [5.41, 5.74) is 1.06. The summed E-state index contributed by atoms with van der Waals surface area (Å²) in [7, 11) is 0. The number of carbonyl (C=O) groups excluding carboxylic acids is 1. The molecule has 1 fully saturated rings. The standard InChI is InChI=1S/C14H19ClN2O3.ClH/c15-12-3-1-11(2-4-12)10-19-7-6-17-14(18)13-9-16-5-8-20-13;/h1-4,13,16H,5-10H2,(H,17,18);1H. The quantitative estimate of drug-likeness (QED) is 0.772. The average molecular weight is 335 g/mol. The van der Waals surface area contributed by atoms with Gasteiger partial charge in [0, 0.05) is 24.7 Å². The molecule has 5 nitrogen and oxygen atoms in total. The minimum atomic E-state index is -0.389. The van der Waals surface area contributed by atoms with Crippen LogP contribution in [0.25, 0.3) is 0 Å². The first-order valence-corrected chi connectivity index (χ1v) is 7.06. The molecule has 1 aromatic rings. The fourth-order valence-electron chi connectivity index (χ4n) is 1.86. The Balaban J connectivity index is 0.00000220. The van der Waals surface area contributed by atoms with Gasteiger partial charge < -0.3 is 20.1 Å². The van der Waals surface area contributed by atoms with E-state index in [1.54, 1.807) is 0 Å². The first kappa shape index (κ1) is 18.2. The predicted octanol–water partition coefficient (Wildman–Crippen LogP) is 1.38. The molecule has 0 saturated carbocycles. The van der Waals surface area contributed by atoms with Crippen molar-refractivity contribution in [1.82, 2.24) is 10.6 Å². The lowest BCUT2D eigenvalue weighted by Gasteiger charge is -2.22. The Bertz CT molecular complexity index is 423. The van der Waals surface area contributed by atoms with E-state index in [0.29, 0.717) is 37.9 Å². The molecule has 21 heavy (non-hydrogen) atoms. The molecule has 1 heterocycles. The topological polar surface area (TPSA) is 59.6 Å². The number of halogens is 2. The molecule has 1 atom stereocenters. The number of ether oxygens (including phenoxy) is 2. The molecule has 1 aliphatic rings. The van der Waals surface area contributed by atoms with Gasteiger partial charge in [-0.15, -0.1) is 12.4 Å². The van der Waals surface area contributed by atoms with Crippen molar-refractivity contribution in [3.8, 4) is 0 Å². The van der Waals surface area contributed by atoms with E-state index in [-0.39, 0.29) is 24.4 Å². The van der Waals surface area contributed by atoms with Gasteiger partial charge in [-0.3, -0.25) is 4.79 Å². The molecule has 1 amide bonds. The van der Waals surface area contributed by atoms with Crippen LogP contribution >= 0.6 is 24.0 Å². The van der Waals surface area contributed by atoms with Crippen molar-refractivity contribution in [3.05, 3.63) is 34.9 Å². The van der Waals surface area contributed by atoms with Crippen LogP contribution in [0.15, 0.2) is 24.3 Å². The molecule has 0 bridgehead atoms. The summed E-state index contributed by atoms with van der Waals surface area (Å²) in [5.74, 6) is -0.0905. The number of hydrogen-bond acceptors (Lipinski definition) is 4. The lowest BCUT2D eigenvalue weighted by molar-refractivity contribution is -0.134. The van der Waals surface area contributed by atoms with Gasteiger partial charge in [-0.2, -0.15) is 0 Å².